The molecule has 2 aromatic heterocycles. The number of para-hydroxylation sites is 1. The summed E-state index contributed by atoms with van der Waals surface area (Å²) in [5.74, 6) is 1.33. The zero-order chi connectivity index (χ0) is 25.4. The van der Waals surface area contributed by atoms with E-state index in [1.54, 1.807) is 11.1 Å². The molecule has 0 unspecified atom stereocenters. The second kappa shape index (κ2) is 9.84. The first-order chi connectivity index (χ1) is 18.0. The summed E-state index contributed by atoms with van der Waals surface area (Å²) in [6.07, 6.45) is 3.70. The Morgan fingerprint density at radius 3 is 2.70 bits per heavy atom. The van der Waals surface area contributed by atoms with Gasteiger partial charge >= 0.3 is 6.03 Å². The summed E-state index contributed by atoms with van der Waals surface area (Å²) in [5.41, 5.74) is 2.26. The number of amides is 3. The maximum atomic E-state index is 13.3. The van der Waals surface area contributed by atoms with E-state index in [1.165, 1.54) is 11.3 Å². The average molecular weight is 514 g/mol. The van der Waals surface area contributed by atoms with Crippen molar-refractivity contribution in [3.05, 3.63) is 77.3 Å². The third-order valence-electron chi connectivity index (χ3n) is 6.75. The van der Waals surface area contributed by atoms with Crippen LogP contribution < -0.4 is 20.3 Å². The second-order valence-electron chi connectivity index (χ2n) is 9.47. The highest BCUT2D eigenvalue weighted by molar-refractivity contribution is 7.21. The van der Waals surface area contributed by atoms with E-state index in [1.807, 2.05) is 60.7 Å². The number of aromatic nitrogens is 1. The van der Waals surface area contributed by atoms with Crippen LogP contribution in [0.25, 0.3) is 10.2 Å². The highest BCUT2D eigenvalue weighted by Crippen LogP contribution is 2.44. The molecule has 0 aliphatic carbocycles. The van der Waals surface area contributed by atoms with Gasteiger partial charge in [-0.15, -0.1) is 11.3 Å². The maximum Gasteiger partial charge on any atom is 0.326 e. The number of pyridine rings is 1. The van der Waals surface area contributed by atoms with Gasteiger partial charge in [0.2, 0.25) is 0 Å². The quantitative estimate of drug-likeness (QED) is 0.357. The number of piperidine rings is 1. The summed E-state index contributed by atoms with van der Waals surface area (Å²) in [4.78, 5) is 36.1. The van der Waals surface area contributed by atoms with E-state index in [2.05, 4.69) is 27.6 Å². The van der Waals surface area contributed by atoms with Crippen molar-refractivity contribution in [2.24, 2.45) is 0 Å². The molecule has 6 rings (SSSR count). The minimum Gasteiger partial charge on any atom is -0.457 e. The molecule has 3 amide bonds. The minimum absolute atomic E-state index is 0.0979. The van der Waals surface area contributed by atoms with Gasteiger partial charge in [-0.2, -0.15) is 0 Å². The van der Waals surface area contributed by atoms with Crippen molar-refractivity contribution in [2.75, 3.05) is 30.4 Å². The van der Waals surface area contributed by atoms with Crippen LogP contribution in [0.5, 0.6) is 11.5 Å². The van der Waals surface area contributed by atoms with E-state index in [-0.39, 0.29) is 18.0 Å². The molecule has 188 valence electrons. The molecular weight excluding hydrogens is 486 g/mol. The number of ether oxygens (including phenoxy) is 1. The molecule has 1 fully saturated rings. The van der Waals surface area contributed by atoms with Crippen LogP contribution in [0.1, 0.15) is 28.1 Å². The number of thiophene rings is 1. The number of hydrogen-bond donors (Lipinski definition) is 2. The van der Waals surface area contributed by atoms with Crippen LogP contribution in [0.4, 0.5) is 16.2 Å². The van der Waals surface area contributed by atoms with Crippen molar-refractivity contribution < 1.29 is 14.3 Å². The highest BCUT2D eigenvalue weighted by Gasteiger charge is 2.32. The van der Waals surface area contributed by atoms with Crippen molar-refractivity contribution >= 4 is 44.9 Å². The molecule has 0 bridgehead atoms. The number of nitrogens with one attached hydrogen (secondary N) is 2. The van der Waals surface area contributed by atoms with Crippen LogP contribution in [0.3, 0.4) is 0 Å². The minimum atomic E-state index is -0.269. The number of hydrogen-bond acceptors (Lipinski definition) is 6. The second-order valence-corrected chi connectivity index (χ2v) is 10.5. The molecule has 2 aliphatic heterocycles. The van der Waals surface area contributed by atoms with Gasteiger partial charge in [-0.3, -0.25) is 9.69 Å². The number of benzene rings is 2. The fraction of sp³-hybridized carbons (Fsp3) is 0.250. The van der Waals surface area contributed by atoms with Gasteiger partial charge in [-0.25, -0.2) is 9.78 Å². The molecule has 9 heteroatoms. The number of urea groups is 1. The van der Waals surface area contributed by atoms with Crippen LogP contribution >= 0.6 is 11.3 Å². The molecule has 1 atom stereocenters. The van der Waals surface area contributed by atoms with E-state index >= 15 is 0 Å². The molecule has 4 aromatic rings. The first-order valence-electron chi connectivity index (χ1n) is 12.4. The summed E-state index contributed by atoms with van der Waals surface area (Å²) in [6, 6.07) is 19.0. The predicted octanol–water partition coefficient (Wildman–Crippen LogP) is 5.46. The number of carbonyl (C=O) groups is 2. The number of anilines is 2. The Kier molecular flexibility index (Phi) is 6.23. The van der Waals surface area contributed by atoms with Gasteiger partial charge < -0.3 is 20.3 Å². The molecule has 8 nitrogen and oxygen atoms in total. The molecule has 1 saturated heterocycles. The lowest BCUT2D eigenvalue weighted by Gasteiger charge is -2.30. The molecule has 37 heavy (non-hydrogen) atoms. The number of rotatable bonds is 6. The third-order valence-corrected chi connectivity index (χ3v) is 7.84. The zero-order valence-corrected chi connectivity index (χ0v) is 21.3. The van der Waals surface area contributed by atoms with Crippen molar-refractivity contribution in [1.29, 1.82) is 0 Å². The average Bonchev–Trinajstić information content (AvgIpc) is 3.27. The van der Waals surface area contributed by atoms with Gasteiger partial charge in [0.15, 0.2) is 0 Å². The van der Waals surface area contributed by atoms with Crippen LogP contribution in [-0.4, -0.2) is 48.0 Å². The number of carbonyl (C=O) groups excluding carboxylic acids is 2. The number of likely N-dealkylation sites (N-methyl/N-ethyl adjacent to an activating group) is 1. The lowest BCUT2D eigenvalue weighted by Crippen LogP contribution is -2.46. The Bertz CT molecular complexity index is 1450. The van der Waals surface area contributed by atoms with E-state index < -0.39 is 0 Å². The predicted molar refractivity (Wildman–Crippen MR) is 146 cm³/mol. The van der Waals surface area contributed by atoms with Crippen molar-refractivity contribution in [3.8, 4) is 11.5 Å². The van der Waals surface area contributed by atoms with E-state index in [9.17, 15) is 9.59 Å². The Hall–Kier alpha value is -3.95. The van der Waals surface area contributed by atoms with Crippen LogP contribution in [-0.2, 0) is 6.54 Å². The van der Waals surface area contributed by atoms with E-state index in [0.717, 1.165) is 58.9 Å². The van der Waals surface area contributed by atoms with Crippen molar-refractivity contribution in [3.63, 3.8) is 0 Å². The first kappa shape index (κ1) is 23.4. The summed E-state index contributed by atoms with van der Waals surface area (Å²) < 4.78 is 5.88. The van der Waals surface area contributed by atoms with Crippen molar-refractivity contribution in [2.45, 2.75) is 25.4 Å². The Morgan fingerprint density at radius 2 is 1.92 bits per heavy atom. The van der Waals surface area contributed by atoms with Crippen LogP contribution in [0.2, 0.25) is 0 Å². The Labute approximate surface area is 218 Å². The summed E-state index contributed by atoms with van der Waals surface area (Å²) in [5, 5.41) is 6.94. The fourth-order valence-electron chi connectivity index (χ4n) is 4.96. The Morgan fingerprint density at radius 1 is 1.14 bits per heavy atom. The van der Waals surface area contributed by atoms with Crippen LogP contribution in [0.15, 0.2) is 66.9 Å². The fourth-order valence-corrected chi connectivity index (χ4v) is 5.98. The van der Waals surface area contributed by atoms with Crippen LogP contribution in [0, 0.1) is 0 Å². The lowest BCUT2D eigenvalue weighted by atomic mass is 10.1. The van der Waals surface area contributed by atoms with Gasteiger partial charge in [0.25, 0.3) is 5.91 Å². The number of likely N-dealkylation sites (tertiary alicyclic amines) is 1. The summed E-state index contributed by atoms with van der Waals surface area (Å²) >= 11 is 1.32. The molecule has 0 radical (unpaired) electrons. The summed E-state index contributed by atoms with van der Waals surface area (Å²) in [6.45, 7) is 2.25. The number of nitrogens with zero attached hydrogens (tertiary/aromatic N) is 3. The van der Waals surface area contributed by atoms with Gasteiger partial charge in [0.05, 0.1) is 23.3 Å². The molecular formula is C28H27N5O3S. The van der Waals surface area contributed by atoms with Gasteiger partial charge in [-0.1, -0.05) is 30.3 Å². The third kappa shape index (κ3) is 4.75. The SMILES string of the molecule is CN1CCC[C@@H](NC(=O)c2sc3nccc4c3c2NC(=O)N4Cc2ccc(Oc3ccccc3)cc2)C1. The monoisotopic (exact) mass is 513 g/mol. The van der Waals surface area contributed by atoms with Gasteiger partial charge in [0.1, 0.15) is 21.2 Å². The van der Waals surface area contributed by atoms with E-state index in [4.69, 9.17) is 4.74 Å². The molecule has 0 spiro atoms. The highest BCUT2D eigenvalue weighted by atomic mass is 32.1. The van der Waals surface area contributed by atoms with Crippen molar-refractivity contribution in [1.82, 2.24) is 15.2 Å². The first-order valence-corrected chi connectivity index (χ1v) is 13.2. The smallest absolute Gasteiger partial charge is 0.326 e. The largest absolute Gasteiger partial charge is 0.457 e. The van der Waals surface area contributed by atoms with E-state index in [0.29, 0.717) is 17.1 Å². The molecule has 0 saturated carbocycles. The molecule has 2 N–H and O–H groups in total. The van der Waals surface area contributed by atoms with Gasteiger partial charge in [-0.05, 0) is 62.3 Å². The standard InChI is InChI=1S/C28H27N5O3S/c1-32-15-5-6-19(17-32)30-26(34)25-24-23-22(13-14-29-27(23)37-25)33(28(35)31-24)16-18-9-11-21(12-10-18)36-20-7-3-2-4-8-20/h2-4,7-14,19H,5-6,15-17H2,1H3,(H,30,34)(H,31,35)/t19-/m1/s1. The Balaban J connectivity index is 1.23. The molecule has 2 aromatic carbocycles. The van der Waals surface area contributed by atoms with Gasteiger partial charge in [0, 0.05) is 18.8 Å². The maximum absolute atomic E-state index is 13.3. The zero-order valence-electron chi connectivity index (χ0n) is 20.4. The topological polar surface area (TPSA) is 86.8 Å². The summed E-state index contributed by atoms with van der Waals surface area (Å²) in [7, 11) is 2.07. The normalized spacial score (nSPS) is 17.5. The molecule has 4 heterocycles. The lowest BCUT2D eigenvalue weighted by molar-refractivity contribution is 0.0917. The molecule has 2 aliphatic rings.